The summed E-state index contributed by atoms with van der Waals surface area (Å²) in [5.74, 6) is 0.638. The zero-order valence-corrected chi connectivity index (χ0v) is 16.0. The molecule has 2 aliphatic rings. The molecule has 4 rings (SSSR count). The SMILES string of the molecule is CCC(C)n1ncc(C(=O)N2CCN(C)c3ccccc3C2)c1C1CC1. The van der Waals surface area contributed by atoms with Gasteiger partial charge in [0.15, 0.2) is 0 Å². The first-order valence-electron chi connectivity index (χ1n) is 9.75. The summed E-state index contributed by atoms with van der Waals surface area (Å²) in [7, 11) is 2.10. The summed E-state index contributed by atoms with van der Waals surface area (Å²) in [6, 6.07) is 8.72. The summed E-state index contributed by atoms with van der Waals surface area (Å²) in [5.41, 5.74) is 4.41. The van der Waals surface area contributed by atoms with Gasteiger partial charge in [0.25, 0.3) is 5.91 Å². The van der Waals surface area contributed by atoms with Crippen LogP contribution in [0.3, 0.4) is 0 Å². The van der Waals surface area contributed by atoms with Crippen LogP contribution in [0.4, 0.5) is 5.69 Å². The molecule has 0 N–H and O–H groups in total. The Labute approximate surface area is 155 Å². The van der Waals surface area contributed by atoms with Crippen LogP contribution in [0.1, 0.15) is 66.7 Å². The number of amides is 1. The maximum absolute atomic E-state index is 13.4. The fourth-order valence-corrected chi connectivity index (χ4v) is 3.86. The molecule has 0 radical (unpaired) electrons. The summed E-state index contributed by atoms with van der Waals surface area (Å²) in [6.45, 7) is 6.61. The Bertz CT molecular complexity index is 808. The number of nitrogens with zero attached hydrogens (tertiary/aromatic N) is 4. The van der Waals surface area contributed by atoms with Crippen molar-refractivity contribution in [1.29, 1.82) is 0 Å². The van der Waals surface area contributed by atoms with Crippen molar-refractivity contribution in [2.45, 2.75) is 51.6 Å². The minimum absolute atomic E-state index is 0.131. The molecular formula is C21H28N4O. The van der Waals surface area contributed by atoms with Gasteiger partial charge in [-0.3, -0.25) is 9.48 Å². The zero-order valence-electron chi connectivity index (χ0n) is 16.0. The fourth-order valence-electron chi connectivity index (χ4n) is 3.86. The number of benzene rings is 1. The first-order chi connectivity index (χ1) is 12.6. The molecule has 1 saturated carbocycles. The molecule has 138 valence electrons. The number of para-hydroxylation sites is 1. The third kappa shape index (κ3) is 3.00. The van der Waals surface area contributed by atoms with E-state index in [0.717, 1.165) is 30.8 Å². The van der Waals surface area contributed by atoms with Gasteiger partial charge in [-0.2, -0.15) is 5.10 Å². The lowest BCUT2D eigenvalue weighted by Gasteiger charge is -2.22. The number of likely N-dealkylation sites (N-methyl/N-ethyl adjacent to an activating group) is 1. The van der Waals surface area contributed by atoms with Crippen LogP contribution >= 0.6 is 0 Å². The van der Waals surface area contributed by atoms with Gasteiger partial charge in [-0.25, -0.2) is 0 Å². The molecule has 1 aliphatic heterocycles. The van der Waals surface area contributed by atoms with Crippen molar-refractivity contribution in [3.63, 3.8) is 0 Å². The Hall–Kier alpha value is -2.30. The number of carbonyl (C=O) groups excluding carboxylic acids is 1. The Kier molecular flexibility index (Phi) is 4.47. The van der Waals surface area contributed by atoms with Crippen LogP contribution in [0.15, 0.2) is 30.5 Å². The van der Waals surface area contributed by atoms with Crippen LogP contribution in [0, 0.1) is 0 Å². The molecule has 2 aromatic rings. The summed E-state index contributed by atoms with van der Waals surface area (Å²) >= 11 is 0. The lowest BCUT2D eigenvalue weighted by molar-refractivity contribution is 0.0750. The van der Waals surface area contributed by atoms with Crippen molar-refractivity contribution >= 4 is 11.6 Å². The minimum atomic E-state index is 0.131. The number of fused-ring (bicyclic) bond motifs is 1. The van der Waals surface area contributed by atoms with Crippen LogP contribution in [0.25, 0.3) is 0 Å². The second kappa shape index (κ2) is 6.78. The molecule has 0 spiro atoms. The number of hydrogen-bond donors (Lipinski definition) is 0. The molecule has 1 aromatic heterocycles. The van der Waals surface area contributed by atoms with E-state index < -0.39 is 0 Å². The summed E-state index contributed by atoms with van der Waals surface area (Å²) in [5, 5.41) is 4.61. The van der Waals surface area contributed by atoms with E-state index in [1.807, 2.05) is 11.1 Å². The van der Waals surface area contributed by atoms with E-state index in [9.17, 15) is 4.79 Å². The Morgan fingerprint density at radius 2 is 2.04 bits per heavy atom. The standard InChI is InChI=1S/C21H28N4O/c1-4-15(2)25-20(16-9-10-16)18(13-22-25)21(26)24-12-11-23(3)19-8-6-5-7-17(19)14-24/h5-8,13,15-16H,4,9-12,14H2,1-3H3. The van der Waals surface area contributed by atoms with E-state index in [1.165, 1.54) is 24.1 Å². The maximum atomic E-state index is 13.4. The monoisotopic (exact) mass is 352 g/mol. The maximum Gasteiger partial charge on any atom is 0.257 e. The predicted molar refractivity (Wildman–Crippen MR) is 104 cm³/mol. The number of rotatable bonds is 4. The lowest BCUT2D eigenvalue weighted by atomic mass is 10.1. The second-order valence-electron chi connectivity index (χ2n) is 7.70. The number of carbonyl (C=O) groups is 1. The highest BCUT2D eigenvalue weighted by molar-refractivity contribution is 5.95. The van der Waals surface area contributed by atoms with Gasteiger partial charge < -0.3 is 9.80 Å². The third-order valence-corrected chi connectivity index (χ3v) is 5.79. The van der Waals surface area contributed by atoms with E-state index in [1.54, 1.807) is 0 Å². The van der Waals surface area contributed by atoms with E-state index in [4.69, 9.17) is 0 Å². The highest BCUT2D eigenvalue weighted by Gasteiger charge is 2.35. The third-order valence-electron chi connectivity index (χ3n) is 5.79. The highest BCUT2D eigenvalue weighted by atomic mass is 16.2. The lowest BCUT2D eigenvalue weighted by Crippen LogP contribution is -2.34. The fraction of sp³-hybridized carbons (Fsp3) is 0.524. The van der Waals surface area contributed by atoms with E-state index in [-0.39, 0.29) is 5.91 Å². The molecule has 1 amide bonds. The molecule has 1 unspecified atom stereocenters. The van der Waals surface area contributed by atoms with Gasteiger partial charge in [-0.05, 0) is 37.8 Å². The van der Waals surface area contributed by atoms with Crippen LogP contribution in [0.2, 0.25) is 0 Å². The number of hydrogen-bond acceptors (Lipinski definition) is 3. The van der Waals surface area contributed by atoms with Gasteiger partial charge in [0.2, 0.25) is 0 Å². The smallest absolute Gasteiger partial charge is 0.257 e. The molecule has 26 heavy (non-hydrogen) atoms. The second-order valence-corrected chi connectivity index (χ2v) is 7.70. The topological polar surface area (TPSA) is 41.4 Å². The molecule has 0 bridgehead atoms. The van der Waals surface area contributed by atoms with Gasteiger partial charge in [-0.1, -0.05) is 25.1 Å². The summed E-state index contributed by atoms with van der Waals surface area (Å²) in [6.07, 6.45) is 5.18. The van der Waals surface area contributed by atoms with E-state index >= 15 is 0 Å². The van der Waals surface area contributed by atoms with Crippen LogP contribution in [0.5, 0.6) is 0 Å². The van der Waals surface area contributed by atoms with Gasteiger partial charge in [0.05, 0.1) is 17.5 Å². The van der Waals surface area contributed by atoms with Crippen LogP contribution < -0.4 is 4.90 Å². The summed E-state index contributed by atoms with van der Waals surface area (Å²) < 4.78 is 2.10. The molecule has 5 heteroatoms. The highest BCUT2D eigenvalue weighted by Crippen LogP contribution is 2.43. The van der Waals surface area contributed by atoms with Gasteiger partial charge in [-0.15, -0.1) is 0 Å². The normalized spacial score (nSPS) is 18.4. The van der Waals surface area contributed by atoms with Gasteiger partial charge >= 0.3 is 0 Å². The predicted octanol–water partition coefficient (Wildman–Crippen LogP) is 3.82. The average Bonchev–Trinajstić information content (AvgIpc) is 3.43. The van der Waals surface area contributed by atoms with Gasteiger partial charge in [0.1, 0.15) is 0 Å². The number of aromatic nitrogens is 2. The Morgan fingerprint density at radius 1 is 1.27 bits per heavy atom. The largest absolute Gasteiger partial charge is 0.373 e. The molecule has 5 nitrogen and oxygen atoms in total. The zero-order chi connectivity index (χ0) is 18.3. The molecule has 1 aromatic carbocycles. The molecule has 0 saturated heterocycles. The number of anilines is 1. The van der Waals surface area contributed by atoms with Crippen molar-refractivity contribution in [3.05, 3.63) is 47.3 Å². The molecule has 1 atom stereocenters. The quantitative estimate of drug-likeness (QED) is 0.840. The van der Waals surface area contributed by atoms with E-state index in [0.29, 0.717) is 18.5 Å². The summed E-state index contributed by atoms with van der Waals surface area (Å²) in [4.78, 5) is 17.6. The minimum Gasteiger partial charge on any atom is -0.373 e. The van der Waals surface area contributed by atoms with Crippen molar-refractivity contribution in [3.8, 4) is 0 Å². The van der Waals surface area contributed by atoms with Crippen LogP contribution in [-0.2, 0) is 6.54 Å². The van der Waals surface area contributed by atoms with Crippen molar-refractivity contribution in [2.24, 2.45) is 0 Å². The molecule has 1 aliphatic carbocycles. The van der Waals surface area contributed by atoms with Gasteiger partial charge in [0, 0.05) is 44.3 Å². The van der Waals surface area contributed by atoms with Crippen molar-refractivity contribution in [1.82, 2.24) is 14.7 Å². The van der Waals surface area contributed by atoms with Crippen molar-refractivity contribution < 1.29 is 4.79 Å². The van der Waals surface area contributed by atoms with Crippen LogP contribution in [-0.4, -0.2) is 40.7 Å². The average molecular weight is 352 g/mol. The Morgan fingerprint density at radius 3 is 2.77 bits per heavy atom. The molecular weight excluding hydrogens is 324 g/mol. The Balaban J connectivity index is 1.65. The first kappa shape index (κ1) is 17.1. The van der Waals surface area contributed by atoms with Crippen molar-refractivity contribution in [2.75, 3.05) is 25.0 Å². The molecule has 2 heterocycles. The first-order valence-corrected chi connectivity index (χ1v) is 9.75. The molecule has 1 fully saturated rings. The van der Waals surface area contributed by atoms with E-state index in [2.05, 4.69) is 59.8 Å².